The molecule has 0 radical (unpaired) electrons. The molecule has 17 heavy (non-hydrogen) atoms. The summed E-state index contributed by atoms with van der Waals surface area (Å²) in [6.07, 6.45) is 6.63. The van der Waals surface area contributed by atoms with Crippen molar-refractivity contribution in [1.82, 2.24) is 9.97 Å². The third-order valence-electron chi connectivity index (χ3n) is 3.56. The standard InChI is InChI=1S/C12H20N4O/c1-17-10-4-7-14-11(16-10)15-9-12(8-13)5-2-3-6-12/h4,7H,2-3,5-6,8-9,13H2,1H3,(H,14,15,16). The van der Waals surface area contributed by atoms with Crippen LogP contribution in [0.4, 0.5) is 5.95 Å². The molecule has 1 aromatic heterocycles. The smallest absolute Gasteiger partial charge is 0.225 e. The summed E-state index contributed by atoms with van der Waals surface area (Å²) in [5.41, 5.74) is 6.11. The number of hydrogen-bond donors (Lipinski definition) is 2. The van der Waals surface area contributed by atoms with Gasteiger partial charge in [0.2, 0.25) is 11.8 Å². The summed E-state index contributed by atoms with van der Waals surface area (Å²) >= 11 is 0. The lowest BCUT2D eigenvalue weighted by atomic mass is 9.86. The third kappa shape index (κ3) is 2.85. The fourth-order valence-electron chi connectivity index (χ4n) is 2.39. The number of rotatable bonds is 5. The predicted octanol–water partition coefficient (Wildman–Crippen LogP) is 1.42. The van der Waals surface area contributed by atoms with E-state index >= 15 is 0 Å². The molecule has 1 aliphatic rings. The summed E-state index contributed by atoms with van der Waals surface area (Å²) in [4.78, 5) is 8.40. The summed E-state index contributed by atoms with van der Waals surface area (Å²) in [6, 6.07) is 1.74. The van der Waals surface area contributed by atoms with E-state index in [1.807, 2.05) is 0 Å². The highest BCUT2D eigenvalue weighted by Crippen LogP contribution is 2.36. The van der Waals surface area contributed by atoms with Crippen molar-refractivity contribution in [3.8, 4) is 5.88 Å². The van der Waals surface area contributed by atoms with E-state index in [9.17, 15) is 0 Å². The molecule has 0 unspecified atom stereocenters. The molecule has 1 aliphatic carbocycles. The van der Waals surface area contributed by atoms with Crippen LogP contribution in [0.1, 0.15) is 25.7 Å². The van der Waals surface area contributed by atoms with Crippen molar-refractivity contribution >= 4 is 5.95 Å². The number of anilines is 1. The van der Waals surface area contributed by atoms with Crippen LogP contribution in [0, 0.1) is 5.41 Å². The molecular weight excluding hydrogens is 216 g/mol. The fourth-order valence-corrected chi connectivity index (χ4v) is 2.39. The zero-order valence-corrected chi connectivity index (χ0v) is 10.3. The number of aromatic nitrogens is 2. The van der Waals surface area contributed by atoms with Crippen LogP contribution < -0.4 is 15.8 Å². The number of nitrogens with zero attached hydrogens (tertiary/aromatic N) is 2. The highest BCUT2D eigenvalue weighted by Gasteiger charge is 2.32. The van der Waals surface area contributed by atoms with Gasteiger partial charge in [-0.15, -0.1) is 0 Å². The van der Waals surface area contributed by atoms with Crippen molar-refractivity contribution in [3.05, 3.63) is 12.3 Å². The molecule has 0 aromatic carbocycles. The van der Waals surface area contributed by atoms with Crippen molar-refractivity contribution in [2.45, 2.75) is 25.7 Å². The quantitative estimate of drug-likeness (QED) is 0.808. The Morgan fingerprint density at radius 3 is 2.88 bits per heavy atom. The molecule has 1 aromatic rings. The molecule has 0 aliphatic heterocycles. The molecule has 0 spiro atoms. The first-order chi connectivity index (χ1) is 8.28. The summed E-state index contributed by atoms with van der Waals surface area (Å²) in [5.74, 6) is 1.19. The molecular formula is C12H20N4O. The van der Waals surface area contributed by atoms with Gasteiger partial charge in [-0.1, -0.05) is 12.8 Å². The Balaban J connectivity index is 1.96. The van der Waals surface area contributed by atoms with E-state index in [1.54, 1.807) is 19.4 Å². The number of methoxy groups -OCH3 is 1. The topological polar surface area (TPSA) is 73.1 Å². The number of nitrogens with one attached hydrogen (secondary N) is 1. The first kappa shape index (κ1) is 12.1. The second-order valence-electron chi connectivity index (χ2n) is 4.69. The van der Waals surface area contributed by atoms with Crippen molar-refractivity contribution in [2.75, 3.05) is 25.5 Å². The van der Waals surface area contributed by atoms with Crippen molar-refractivity contribution < 1.29 is 4.74 Å². The van der Waals surface area contributed by atoms with E-state index in [1.165, 1.54) is 25.7 Å². The van der Waals surface area contributed by atoms with Gasteiger partial charge in [-0.25, -0.2) is 4.98 Å². The first-order valence-corrected chi connectivity index (χ1v) is 6.09. The minimum Gasteiger partial charge on any atom is -0.481 e. The lowest BCUT2D eigenvalue weighted by Gasteiger charge is -2.27. The maximum absolute atomic E-state index is 5.88. The molecule has 2 rings (SSSR count). The molecule has 1 heterocycles. The van der Waals surface area contributed by atoms with Crippen LogP contribution in [0.5, 0.6) is 5.88 Å². The number of ether oxygens (including phenoxy) is 1. The largest absolute Gasteiger partial charge is 0.481 e. The van der Waals surface area contributed by atoms with Gasteiger partial charge in [0.15, 0.2) is 0 Å². The maximum atomic E-state index is 5.88. The van der Waals surface area contributed by atoms with Gasteiger partial charge in [-0.05, 0) is 24.8 Å². The Hall–Kier alpha value is -1.36. The first-order valence-electron chi connectivity index (χ1n) is 6.09. The monoisotopic (exact) mass is 236 g/mol. The molecule has 3 N–H and O–H groups in total. The van der Waals surface area contributed by atoms with E-state index in [4.69, 9.17) is 10.5 Å². The second-order valence-corrected chi connectivity index (χ2v) is 4.69. The third-order valence-corrected chi connectivity index (χ3v) is 3.56. The zero-order chi connectivity index (χ0) is 12.1. The van der Waals surface area contributed by atoms with Crippen LogP contribution >= 0.6 is 0 Å². The SMILES string of the molecule is COc1ccnc(NCC2(CN)CCCC2)n1. The Labute approximate surface area is 102 Å². The molecule has 0 saturated heterocycles. The highest BCUT2D eigenvalue weighted by molar-refractivity contribution is 5.28. The molecule has 0 amide bonds. The van der Waals surface area contributed by atoms with E-state index in [-0.39, 0.29) is 5.41 Å². The molecule has 94 valence electrons. The number of hydrogen-bond acceptors (Lipinski definition) is 5. The van der Waals surface area contributed by atoms with E-state index in [2.05, 4.69) is 15.3 Å². The maximum Gasteiger partial charge on any atom is 0.225 e. The Morgan fingerprint density at radius 2 is 2.24 bits per heavy atom. The molecule has 1 fully saturated rings. The van der Waals surface area contributed by atoms with E-state index < -0.39 is 0 Å². The van der Waals surface area contributed by atoms with E-state index in [0.29, 0.717) is 11.8 Å². The molecule has 1 saturated carbocycles. The lowest BCUT2D eigenvalue weighted by Crippen LogP contribution is -2.35. The van der Waals surface area contributed by atoms with Crippen molar-refractivity contribution in [1.29, 1.82) is 0 Å². The van der Waals surface area contributed by atoms with Gasteiger partial charge in [-0.2, -0.15) is 4.98 Å². The van der Waals surface area contributed by atoms with Gasteiger partial charge >= 0.3 is 0 Å². The van der Waals surface area contributed by atoms with Crippen molar-refractivity contribution in [3.63, 3.8) is 0 Å². The molecule has 0 bridgehead atoms. The van der Waals surface area contributed by atoms with Gasteiger partial charge in [0.25, 0.3) is 0 Å². The minimum atomic E-state index is 0.229. The van der Waals surface area contributed by atoms with Crippen LogP contribution in [0.15, 0.2) is 12.3 Å². The average molecular weight is 236 g/mol. The van der Waals surface area contributed by atoms with Gasteiger partial charge < -0.3 is 15.8 Å². The summed E-state index contributed by atoms with van der Waals surface area (Å²) in [7, 11) is 1.60. The highest BCUT2D eigenvalue weighted by atomic mass is 16.5. The fraction of sp³-hybridized carbons (Fsp3) is 0.667. The Bertz CT molecular complexity index is 363. The summed E-state index contributed by atoms with van der Waals surface area (Å²) < 4.78 is 5.06. The Kier molecular flexibility index (Phi) is 3.78. The van der Waals surface area contributed by atoms with Gasteiger partial charge in [-0.3, -0.25) is 0 Å². The van der Waals surface area contributed by atoms with Gasteiger partial charge in [0.05, 0.1) is 7.11 Å². The van der Waals surface area contributed by atoms with E-state index in [0.717, 1.165) is 13.1 Å². The predicted molar refractivity (Wildman–Crippen MR) is 67.0 cm³/mol. The van der Waals surface area contributed by atoms with Crippen molar-refractivity contribution in [2.24, 2.45) is 11.1 Å². The average Bonchev–Trinajstić information content (AvgIpc) is 2.86. The lowest BCUT2D eigenvalue weighted by molar-refractivity contribution is 0.331. The molecule has 0 atom stereocenters. The van der Waals surface area contributed by atoms with Gasteiger partial charge in [0.1, 0.15) is 0 Å². The normalized spacial score (nSPS) is 18.0. The summed E-state index contributed by atoms with van der Waals surface area (Å²) in [5, 5.41) is 3.27. The number of nitrogens with two attached hydrogens (primary N) is 1. The van der Waals surface area contributed by atoms with Crippen LogP contribution in [0.2, 0.25) is 0 Å². The van der Waals surface area contributed by atoms with Crippen LogP contribution in [-0.2, 0) is 0 Å². The molecule has 5 heteroatoms. The van der Waals surface area contributed by atoms with Gasteiger partial charge in [0, 0.05) is 18.8 Å². The van der Waals surface area contributed by atoms with Crippen LogP contribution in [0.3, 0.4) is 0 Å². The Morgan fingerprint density at radius 1 is 1.47 bits per heavy atom. The molecule has 5 nitrogen and oxygen atoms in total. The summed E-state index contributed by atoms with van der Waals surface area (Å²) in [6.45, 7) is 1.57. The second kappa shape index (κ2) is 5.31. The minimum absolute atomic E-state index is 0.229. The van der Waals surface area contributed by atoms with Crippen LogP contribution in [-0.4, -0.2) is 30.2 Å². The zero-order valence-electron chi connectivity index (χ0n) is 10.3. The van der Waals surface area contributed by atoms with Crippen LogP contribution in [0.25, 0.3) is 0 Å².